The third-order valence-electron chi connectivity index (χ3n) is 3.67. The Labute approximate surface area is 109 Å². The van der Waals surface area contributed by atoms with Crippen LogP contribution in [0.4, 0.5) is 5.82 Å². The average Bonchev–Trinajstić information content (AvgIpc) is 2.64. The number of nitrogens with zero attached hydrogens (tertiary/aromatic N) is 3. The predicted octanol–water partition coefficient (Wildman–Crippen LogP) is 1.05. The highest BCUT2D eigenvalue weighted by molar-refractivity contribution is 5.49. The van der Waals surface area contributed by atoms with Gasteiger partial charge in [-0.15, -0.1) is 0 Å². The van der Waals surface area contributed by atoms with Crippen molar-refractivity contribution in [2.75, 3.05) is 31.7 Å². The molecular weight excluding hydrogens is 228 g/mol. The first-order valence-corrected chi connectivity index (χ1v) is 6.65. The van der Waals surface area contributed by atoms with Crippen molar-refractivity contribution in [2.24, 2.45) is 18.7 Å². The monoisotopic (exact) mass is 252 g/mol. The molecule has 0 bridgehead atoms. The van der Waals surface area contributed by atoms with Crippen molar-refractivity contribution in [3.63, 3.8) is 0 Å². The van der Waals surface area contributed by atoms with Crippen molar-refractivity contribution in [3.8, 4) is 0 Å². The topological polar surface area (TPSA) is 56.3 Å². The molecule has 5 nitrogen and oxygen atoms in total. The summed E-state index contributed by atoms with van der Waals surface area (Å²) in [5.74, 6) is 1.75. The molecule has 2 heterocycles. The van der Waals surface area contributed by atoms with Crippen molar-refractivity contribution < 1.29 is 4.74 Å². The van der Waals surface area contributed by atoms with Crippen molar-refractivity contribution in [1.82, 2.24) is 9.78 Å². The van der Waals surface area contributed by atoms with Crippen LogP contribution >= 0.6 is 0 Å². The lowest BCUT2D eigenvalue weighted by atomic mass is 10.0. The van der Waals surface area contributed by atoms with Gasteiger partial charge in [0.2, 0.25) is 0 Å². The molecule has 102 valence electrons. The summed E-state index contributed by atoms with van der Waals surface area (Å²) in [5.41, 5.74) is 8.01. The molecule has 0 amide bonds. The molecule has 0 saturated carbocycles. The summed E-state index contributed by atoms with van der Waals surface area (Å²) in [7, 11) is 4.10. The second-order valence-electron chi connectivity index (χ2n) is 5.18. The minimum atomic E-state index is 0.542. The second kappa shape index (κ2) is 5.71. The molecule has 1 aliphatic rings. The number of hydrogen-bond donors (Lipinski definition) is 1. The molecule has 0 spiro atoms. The van der Waals surface area contributed by atoms with Crippen LogP contribution in [0.15, 0.2) is 0 Å². The SMILES string of the molecule is Cc1nn(C)c(N(C)CC2CCCOC2)c1CN. The van der Waals surface area contributed by atoms with E-state index < -0.39 is 0 Å². The van der Waals surface area contributed by atoms with Gasteiger partial charge in [-0.1, -0.05) is 0 Å². The predicted molar refractivity (Wildman–Crippen MR) is 72.6 cm³/mol. The molecular formula is C13H24N4O. The van der Waals surface area contributed by atoms with Gasteiger partial charge in [0.15, 0.2) is 0 Å². The highest BCUT2D eigenvalue weighted by Crippen LogP contribution is 2.24. The molecule has 2 rings (SSSR count). The zero-order valence-electron chi connectivity index (χ0n) is 11.6. The van der Waals surface area contributed by atoms with E-state index in [-0.39, 0.29) is 0 Å². The van der Waals surface area contributed by atoms with Gasteiger partial charge in [0, 0.05) is 39.4 Å². The van der Waals surface area contributed by atoms with Crippen LogP contribution < -0.4 is 10.6 Å². The van der Waals surface area contributed by atoms with Crippen molar-refractivity contribution in [3.05, 3.63) is 11.3 Å². The molecule has 1 saturated heterocycles. The number of hydrogen-bond acceptors (Lipinski definition) is 4. The molecule has 1 atom stereocenters. The molecule has 2 N–H and O–H groups in total. The average molecular weight is 252 g/mol. The van der Waals surface area contributed by atoms with Gasteiger partial charge < -0.3 is 15.4 Å². The van der Waals surface area contributed by atoms with Crippen molar-refractivity contribution >= 4 is 5.82 Å². The third kappa shape index (κ3) is 2.67. The van der Waals surface area contributed by atoms with E-state index in [4.69, 9.17) is 10.5 Å². The Morgan fingerprint density at radius 1 is 1.56 bits per heavy atom. The lowest BCUT2D eigenvalue weighted by Gasteiger charge is -2.28. The van der Waals surface area contributed by atoms with Gasteiger partial charge >= 0.3 is 0 Å². The first kappa shape index (κ1) is 13.4. The number of anilines is 1. The largest absolute Gasteiger partial charge is 0.381 e. The Hall–Kier alpha value is -1.07. The smallest absolute Gasteiger partial charge is 0.131 e. The van der Waals surface area contributed by atoms with Gasteiger partial charge in [0.05, 0.1) is 12.3 Å². The van der Waals surface area contributed by atoms with Crippen LogP contribution in [-0.4, -0.2) is 36.6 Å². The summed E-state index contributed by atoms with van der Waals surface area (Å²) in [6, 6.07) is 0. The molecule has 1 unspecified atom stereocenters. The maximum absolute atomic E-state index is 5.83. The summed E-state index contributed by atoms with van der Waals surface area (Å²) < 4.78 is 7.47. The van der Waals surface area contributed by atoms with Gasteiger partial charge in [-0.05, 0) is 25.7 Å². The fourth-order valence-corrected chi connectivity index (χ4v) is 2.83. The zero-order valence-corrected chi connectivity index (χ0v) is 11.6. The van der Waals surface area contributed by atoms with E-state index in [1.807, 2.05) is 18.7 Å². The van der Waals surface area contributed by atoms with Crippen LogP contribution in [0.3, 0.4) is 0 Å². The molecule has 5 heteroatoms. The Kier molecular flexibility index (Phi) is 4.24. The van der Waals surface area contributed by atoms with Gasteiger partial charge in [-0.25, -0.2) is 0 Å². The fourth-order valence-electron chi connectivity index (χ4n) is 2.83. The standard InChI is InChI=1S/C13H24N4O/c1-10-12(7-14)13(17(3)15-10)16(2)8-11-5-4-6-18-9-11/h11H,4-9,14H2,1-3H3. The van der Waals surface area contributed by atoms with Gasteiger partial charge in [0.25, 0.3) is 0 Å². The van der Waals surface area contributed by atoms with E-state index in [0.29, 0.717) is 12.5 Å². The molecule has 1 fully saturated rings. The molecule has 18 heavy (non-hydrogen) atoms. The van der Waals surface area contributed by atoms with Crippen LogP contribution in [0.2, 0.25) is 0 Å². The van der Waals surface area contributed by atoms with Crippen LogP contribution in [-0.2, 0) is 18.3 Å². The third-order valence-corrected chi connectivity index (χ3v) is 3.67. The second-order valence-corrected chi connectivity index (χ2v) is 5.18. The zero-order chi connectivity index (χ0) is 13.1. The van der Waals surface area contributed by atoms with E-state index in [0.717, 1.165) is 36.8 Å². The Bertz CT molecular complexity index is 396. The van der Waals surface area contributed by atoms with E-state index in [1.165, 1.54) is 12.8 Å². The Morgan fingerprint density at radius 3 is 2.94 bits per heavy atom. The summed E-state index contributed by atoms with van der Waals surface area (Å²) in [5, 5.41) is 4.46. The van der Waals surface area contributed by atoms with Crippen LogP contribution in [0.5, 0.6) is 0 Å². The molecule has 1 aliphatic heterocycles. The van der Waals surface area contributed by atoms with Crippen LogP contribution in [0.1, 0.15) is 24.1 Å². The Balaban J connectivity index is 2.10. The first-order chi connectivity index (χ1) is 8.63. The fraction of sp³-hybridized carbons (Fsp3) is 0.769. The summed E-state index contributed by atoms with van der Waals surface area (Å²) >= 11 is 0. The maximum Gasteiger partial charge on any atom is 0.131 e. The van der Waals surface area contributed by atoms with E-state index in [9.17, 15) is 0 Å². The van der Waals surface area contributed by atoms with Gasteiger partial charge in [0.1, 0.15) is 5.82 Å². The van der Waals surface area contributed by atoms with E-state index in [2.05, 4.69) is 17.0 Å². The van der Waals surface area contributed by atoms with Gasteiger partial charge in [-0.3, -0.25) is 4.68 Å². The van der Waals surface area contributed by atoms with Crippen molar-refractivity contribution in [2.45, 2.75) is 26.3 Å². The quantitative estimate of drug-likeness (QED) is 0.870. The van der Waals surface area contributed by atoms with E-state index >= 15 is 0 Å². The van der Waals surface area contributed by atoms with E-state index in [1.54, 1.807) is 0 Å². The summed E-state index contributed by atoms with van der Waals surface area (Å²) in [6.45, 7) is 5.36. The van der Waals surface area contributed by atoms with Crippen molar-refractivity contribution in [1.29, 1.82) is 0 Å². The maximum atomic E-state index is 5.83. The number of rotatable bonds is 4. The summed E-state index contributed by atoms with van der Waals surface area (Å²) in [4.78, 5) is 2.27. The highest BCUT2D eigenvalue weighted by atomic mass is 16.5. The number of aromatic nitrogens is 2. The molecule has 0 aliphatic carbocycles. The van der Waals surface area contributed by atoms with Crippen LogP contribution in [0, 0.1) is 12.8 Å². The molecule has 1 aromatic heterocycles. The minimum Gasteiger partial charge on any atom is -0.381 e. The molecule has 1 aromatic rings. The lowest BCUT2D eigenvalue weighted by Crippen LogP contribution is -2.32. The normalized spacial score (nSPS) is 20.1. The van der Waals surface area contributed by atoms with Gasteiger partial charge in [-0.2, -0.15) is 5.10 Å². The molecule has 0 aromatic carbocycles. The molecule has 0 radical (unpaired) electrons. The number of ether oxygens (including phenoxy) is 1. The highest BCUT2D eigenvalue weighted by Gasteiger charge is 2.20. The lowest BCUT2D eigenvalue weighted by molar-refractivity contribution is 0.0575. The Morgan fingerprint density at radius 2 is 2.33 bits per heavy atom. The summed E-state index contributed by atoms with van der Waals surface area (Å²) in [6.07, 6.45) is 2.42. The van der Waals surface area contributed by atoms with Crippen LogP contribution in [0.25, 0.3) is 0 Å². The number of aryl methyl sites for hydroxylation is 2. The minimum absolute atomic E-state index is 0.542. The number of nitrogens with two attached hydrogens (primary N) is 1. The first-order valence-electron chi connectivity index (χ1n) is 6.65.